The van der Waals surface area contributed by atoms with Gasteiger partial charge in [-0.2, -0.15) is 0 Å². The van der Waals surface area contributed by atoms with E-state index >= 15 is 0 Å². The largest absolute Gasteiger partial charge is 0.396 e. The molecular formula is C14H20BrNO. The van der Waals surface area contributed by atoms with Crippen LogP contribution in [0.1, 0.15) is 25.7 Å². The summed E-state index contributed by atoms with van der Waals surface area (Å²) in [5.41, 5.74) is 1.33. The lowest BCUT2D eigenvalue weighted by atomic mass is 9.92. The summed E-state index contributed by atoms with van der Waals surface area (Å²) in [4.78, 5) is 2.46. The smallest absolute Gasteiger partial charge is 0.0431 e. The predicted octanol–water partition coefficient (Wildman–Crippen LogP) is 3.44. The van der Waals surface area contributed by atoms with Gasteiger partial charge in [-0.25, -0.2) is 0 Å². The molecule has 0 bridgehead atoms. The number of halogens is 1. The van der Waals surface area contributed by atoms with E-state index in [1.54, 1.807) is 0 Å². The molecule has 2 rings (SSSR count). The number of piperidine rings is 1. The zero-order chi connectivity index (χ0) is 12.1. The van der Waals surface area contributed by atoms with Crippen LogP contribution in [-0.2, 0) is 0 Å². The zero-order valence-corrected chi connectivity index (χ0v) is 11.7. The highest BCUT2D eigenvalue weighted by atomic mass is 79.9. The average molecular weight is 298 g/mol. The van der Waals surface area contributed by atoms with Crippen LogP contribution in [0.15, 0.2) is 28.7 Å². The highest BCUT2D eigenvalue weighted by Crippen LogP contribution is 2.26. The van der Waals surface area contributed by atoms with Crippen LogP contribution in [0.25, 0.3) is 0 Å². The van der Waals surface area contributed by atoms with E-state index in [0.717, 1.165) is 29.9 Å². The summed E-state index contributed by atoms with van der Waals surface area (Å²) in [5, 5.41) is 8.84. The molecule has 0 radical (unpaired) electrons. The summed E-state index contributed by atoms with van der Waals surface area (Å²) < 4.78 is 1.14. The topological polar surface area (TPSA) is 23.5 Å². The maximum atomic E-state index is 8.84. The minimum absolute atomic E-state index is 0.340. The number of anilines is 1. The Balaban J connectivity index is 1.84. The first-order valence-electron chi connectivity index (χ1n) is 6.41. The predicted molar refractivity (Wildman–Crippen MR) is 75.4 cm³/mol. The number of aliphatic hydroxyl groups excluding tert-OH is 1. The quantitative estimate of drug-likeness (QED) is 0.920. The normalized spacial score (nSPS) is 17.4. The number of hydrogen-bond acceptors (Lipinski definition) is 2. The molecular weight excluding hydrogens is 278 g/mol. The third kappa shape index (κ3) is 3.71. The molecule has 17 heavy (non-hydrogen) atoms. The van der Waals surface area contributed by atoms with Gasteiger partial charge in [0, 0.05) is 29.9 Å². The second kappa shape index (κ2) is 6.41. The minimum Gasteiger partial charge on any atom is -0.396 e. The summed E-state index contributed by atoms with van der Waals surface area (Å²) in [5.74, 6) is 0.814. The molecule has 1 fully saturated rings. The van der Waals surface area contributed by atoms with E-state index in [-0.39, 0.29) is 0 Å². The van der Waals surface area contributed by atoms with Crippen molar-refractivity contribution in [2.75, 3.05) is 24.6 Å². The highest BCUT2D eigenvalue weighted by molar-refractivity contribution is 9.10. The molecule has 1 saturated heterocycles. The summed E-state index contributed by atoms with van der Waals surface area (Å²) in [6.07, 6.45) is 4.67. The van der Waals surface area contributed by atoms with Crippen LogP contribution in [0, 0.1) is 5.92 Å². The monoisotopic (exact) mass is 297 g/mol. The first-order valence-corrected chi connectivity index (χ1v) is 7.20. The van der Waals surface area contributed by atoms with Crippen LogP contribution in [-0.4, -0.2) is 24.8 Å². The van der Waals surface area contributed by atoms with Crippen LogP contribution in [0.5, 0.6) is 0 Å². The fourth-order valence-electron chi connectivity index (χ4n) is 2.51. The Labute approximate surface area is 112 Å². The highest BCUT2D eigenvalue weighted by Gasteiger charge is 2.18. The van der Waals surface area contributed by atoms with Crippen molar-refractivity contribution in [2.45, 2.75) is 25.7 Å². The SMILES string of the molecule is OCCCC1CCN(c2ccc(Br)cc2)CC1. The number of hydrogen-bond donors (Lipinski definition) is 1. The van der Waals surface area contributed by atoms with Crippen molar-refractivity contribution in [2.24, 2.45) is 5.92 Å². The standard InChI is InChI=1S/C14H20BrNO/c15-13-3-5-14(6-4-13)16-9-7-12(8-10-16)2-1-11-17/h3-6,12,17H,1-2,7-11H2. The van der Waals surface area contributed by atoms with E-state index in [1.165, 1.54) is 24.9 Å². The van der Waals surface area contributed by atoms with Gasteiger partial charge < -0.3 is 10.0 Å². The molecule has 1 aliphatic heterocycles. The molecule has 0 atom stereocenters. The molecule has 1 heterocycles. The Kier molecular flexibility index (Phi) is 4.86. The van der Waals surface area contributed by atoms with Crippen molar-refractivity contribution in [3.63, 3.8) is 0 Å². The van der Waals surface area contributed by atoms with E-state index in [2.05, 4.69) is 45.1 Å². The maximum Gasteiger partial charge on any atom is 0.0431 e. The Hall–Kier alpha value is -0.540. The van der Waals surface area contributed by atoms with Crippen LogP contribution in [0.3, 0.4) is 0 Å². The molecule has 1 aliphatic rings. The van der Waals surface area contributed by atoms with Gasteiger partial charge in [-0.15, -0.1) is 0 Å². The Morgan fingerprint density at radius 2 is 1.82 bits per heavy atom. The van der Waals surface area contributed by atoms with Gasteiger partial charge >= 0.3 is 0 Å². The van der Waals surface area contributed by atoms with E-state index < -0.39 is 0 Å². The molecule has 0 amide bonds. The van der Waals surface area contributed by atoms with E-state index in [1.807, 2.05) is 0 Å². The third-order valence-electron chi connectivity index (χ3n) is 3.58. The van der Waals surface area contributed by atoms with Crippen molar-refractivity contribution in [1.82, 2.24) is 0 Å². The Morgan fingerprint density at radius 3 is 2.41 bits per heavy atom. The fourth-order valence-corrected chi connectivity index (χ4v) is 2.78. The third-order valence-corrected chi connectivity index (χ3v) is 4.11. The second-order valence-corrected chi connectivity index (χ2v) is 5.69. The molecule has 0 aromatic heterocycles. The number of aliphatic hydroxyl groups is 1. The van der Waals surface area contributed by atoms with Crippen molar-refractivity contribution in [3.05, 3.63) is 28.7 Å². The summed E-state index contributed by atoms with van der Waals surface area (Å²) >= 11 is 3.47. The molecule has 0 aliphatic carbocycles. The Bertz CT molecular complexity index is 331. The van der Waals surface area contributed by atoms with Crippen LogP contribution in [0.4, 0.5) is 5.69 Å². The summed E-state index contributed by atoms with van der Waals surface area (Å²) in [6.45, 7) is 2.64. The van der Waals surface area contributed by atoms with Crippen molar-refractivity contribution in [1.29, 1.82) is 0 Å². The van der Waals surface area contributed by atoms with Crippen LogP contribution >= 0.6 is 15.9 Å². The minimum atomic E-state index is 0.340. The van der Waals surface area contributed by atoms with Crippen molar-refractivity contribution in [3.8, 4) is 0 Å². The lowest BCUT2D eigenvalue weighted by molar-refractivity contribution is 0.261. The van der Waals surface area contributed by atoms with Gasteiger partial charge in [0.25, 0.3) is 0 Å². The lowest BCUT2D eigenvalue weighted by Gasteiger charge is -2.33. The summed E-state index contributed by atoms with van der Waals surface area (Å²) in [7, 11) is 0. The molecule has 94 valence electrons. The Morgan fingerprint density at radius 1 is 1.18 bits per heavy atom. The van der Waals surface area contributed by atoms with E-state index in [4.69, 9.17) is 5.11 Å². The van der Waals surface area contributed by atoms with Gasteiger partial charge in [0.2, 0.25) is 0 Å². The number of benzene rings is 1. The number of rotatable bonds is 4. The van der Waals surface area contributed by atoms with Gasteiger partial charge in [-0.1, -0.05) is 15.9 Å². The molecule has 2 nitrogen and oxygen atoms in total. The van der Waals surface area contributed by atoms with E-state index in [0.29, 0.717) is 6.61 Å². The molecule has 3 heteroatoms. The second-order valence-electron chi connectivity index (χ2n) is 4.77. The summed E-state index contributed by atoms with van der Waals surface area (Å²) in [6, 6.07) is 8.57. The van der Waals surface area contributed by atoms with Gasteiger partial charge in [0.15, 0.2) is 0 Å². The zero-order valence-electron chi connectivity index (χ0n) is 10.1. The molecule has 1 aromatic carbocycles. The number of nitrogens with zero attached hydrogens (tertiary/aromatic N) is 1. The van der Waals surface area contributed by atoms with E-state index in [9.17, 15) is 0 Å². The molecule has 1 N–H and O–H groups in total. The molecule has 0 saturated carbocycles. The molecule has 0 unspecified atom stereocenters. The van der Waals surface area contributed by atoms with Gasteiger partial charge in [-0.05, 0) is 55.9 Å². The lowest BCUT2D eigenvalue weighted by Crippen LogP contribution is -2.33. The fraction of sp³-hybridized carbons (Fsp3) is 0.571. The van der Waals surface area contributed by atoms with Gasteiger partial charge in [0.1, 0.15) is 0 Å². The van der Waals surface area contributed by atoms with Gasteiger partial charge in [-0.3, -0.25) is 0 Å². The van der Waals surface area contributed by atoms with Crippen LogP contribution in [0.2, 0.25) is 0 Å². The van der Waals surface area contributed by atoms with Gasteiger partial charge in [0.05, 0.1) is 0 Å². The molecule has 0 spiro atoms. The van der Waals surface area contributed by atoms with Crippen LogP contribution < -0.4 is 4.90 Å². The average Bonchev–Trinajstić information content (AvgIpc) is 2.38. The first-order chi connectivity index (χ1) is 8.29. The maximum absolute atomic E-state index is 8.84. The first kappa shape index (κ1) is 12.9. The van der Waals surface area contributed by atoms with Crippen molar-refractivity contribution < 1.29 is 5.11 Å². The van der Waals surface area contributed by atoms with Crippen molar-refractivity contribution >= 4 is 21.6 Å². The molecule has 1 aromatic rings.